The summed E-state index contributed by atoms with van der Waals surface area (Å²) >= 11 is 0. The Hall–Kier alpha value is -0.0800. The summed E-state index contributed by atoms with van der Waals surface area (Å²) in [5.74, 6) is 0. The summed E-state index contributed by atoms with van der Waals surface area (Å²) < 4.78 is 0. The van der Waals surface area contributed by atoms with Crippen molar-refractivity contribution in [2.75, 3.05) is 13.2 Å². The molecule has 2 nitrogen and oxygen atoms in total. The molecule has 0 spiro atoms. The third-order valence-corrected chi connectivity index (χ3v) is 2.56. The third-order valence-electron chi connectivity index (χ3n) is 2.56. The van der Waals surface area contributed by atoms with E-state index < -0.39 is 0 Å². The summed E-state index contributed by atoms with van der Waals surface area (Å²) in [6, 6.07) is 0. The molecule has 0 saturated heterocycles. The minimum absolute atomic E-state index is 0.152. The van der Waals surface area contributed by atoms with Crippen LogP contribution in [-0.4, -0.2) is 23.4 Å². The molecule has 0 aliphatic heterocycles. The first-order chi connectivity index (χ1) is 5.68. The van der Waals surface area contributed by atoms with Gasteiger partial charge in [0.1, 0.15) is 0 Å². The van der Waals surface area contributed by atoms with Crippen molar-refractivity contribution in [3.63, 3.8) is 0 Å². The van der Waals surface area contributed by atoms with Crippen LogP contribution < -0.4 is 0 Å². The van der Waals surface area contributed by atoms with Crippen molar-refractivity contribution in [3.05, 3.63) is 0 Å². The second-order valence-corrected chi connectivity index (χ2v) is 3.86. The molecule has 0 radical (unpaired) electrons. The predicted octanol–water partition coefficient (Wildman–Crippen LogP) is 1.95. The third kappa shape index (κ3) is 4.73. The predicted molar refractivity (Wildman–Crippen MR) is 51.0 cm³/mol. The summed E-state index contributed by atoms with van der Waals surface area (Å²) in [6.07, 6.45) is 5.12. The molecule has 2 heteroatoms. The number of hydrogen-bond donors (Lipinski definition) is 2. The topological polar surface area (TPSA) is 40.5 Å². The molecule has 0 aliphatic carbocycles. The SMILES string of the molecule is CCCCC(C)(CCO)CCO. The molecule has 0 aromatic rings. The number of aliphatic hydroxyl groups is 2. The Balaban J connectivity index is 3.80. The highest BCUT2D eigenvalue weighted by Crippen LogP contribution is 2.31. The van der Waals surface area contributed by atoms with Gasteiger partial charge >= 0.3 is 0 Å². The molecule has 0 atom stereocenters. The van der Waals surface area contributed by atoms with Crippen molar-refractivity contribution < 1.29 is 10.2 Å². The van der Waals surface area contributed by atoms with Gasteiger partial charge in [-0.2, -0.15) is 0 Å². The van der Waals surface area contributed by atoms with Gasteiger partial charge in [-0.3, -0.25) is 0 Å². The van der Waals surface area contributed by atoms with Gasteiger partial charge in [0.25, 0.3) is 0 Å². The highest BCUT2D eigenvalue weighted by molar-refractivity contribution is 4.73. The van der Waals surface area contributed by atoms with Crippen molar-refractivity contribution in [2.45, 2.75) is 46.0 Å². The molecule has 0 saturated carbocycles. The van der Waals surface area contributed by atoms with E-state index in [4.69, 9.17) is 10.2 Å². The smallest absolute Gasteiger partial charge is 0.0436 e. The summed E-state index contributed by atoms with van der Waals surface area (Å²) in [6.45, 7) is 4.79. The van der Waals surface area contributed by atoms with Crippen LogP contribution in [0.25, 0.3) is 0 Å². The minimum Gasteiger partial charge on any atom is -0.396 e. The number of rotatable bonds is 7. The second kappa shape index (κ2) is 6.44. The minimum atomic E-state index is 0.152. The van der Waals surface area contributed by atoms with E-state index in [1.165, 1.54) is 12.8 Å². The Morgan fingerprint density at radius 2 is 1.50 bits per heavy atom. The van der Waals surface area contributed by atoms with Crippen LogP contribution in [0.5, 0.6) is 0 Å². The zero-order valence-corrected chi connectivity index (χ0v) is 8.34. The average Bonchev–Trinajstić information content (AvgIpc) is 2.02. The van der Waals surface area contributed by atoms with Crippen molar-refractivity contribution >= 4 is 0 Å². The van der Waals surface area contributed by atoms with Gasteiger partial charge in [-0.05, 0) is 24.7 Å². The Bertz CT molecular complexity index is 96.0. The highest BCUT2D eigenvalue weighted by atomic mass is 16.3. The first kappa shape index (κ1) is 11.9. The lowest BCUT2D eigenvalue weighted by molar-refractivity contribution is 0.138. The highest BCUT2D eigenvalue weighted by Gasteiger charge is 2.21. The van der Waals surface area contributed by atoms with E-state index in [1.54, 1.807) is 0 Å². The van der Waals surface area contributed by atoms with Crippen molar-refractivity contribution in [1.82, 2.24) is 0 Å². The van der Waals surface area contributed by atoms with Crippen LogP contribution in [-0.2, 0) is 0 Å². The van der Waals surface area contributed by atoms with Crippen molar-refractivity contribution in [1.29, 1.82) is 0 Å². The molecule has 0 bridgehead atoms. The molecule has 12 heavy (non-hydrogen) atoms. The van der Waals surface area contributed by atoms with Gasteiger partial charge in [-0.1, -0.05) is 26.7 Å². The number of unbranched alkanes of at least 4 members (excludes halogenated alkanes) is 1. The molecule has 0 aromatic heterocycles. The van der Waals surface area contributed by atoms with Gasteiger partial charge < -0.3 is 10.2 Å². The summed E-state index contributed by atoms with van der Waals surface area (Å²) in [5, 5.41) is 17.7. The van der Waals surface area contributed by atoms with Crippen molar-refractivity contribution in [2.24, 2.45) is 5.41 Å². The van der Waals surface area contributed by atoms with Gasteiger partial charge in [0.05, 0.1) is 0 Å². The maximum atomic E-state index is 8.85. The van der Waals surface area contributed by atoms with E-state index in [2.05, 4.69) is 13.8 Å². The van der Waals surface area contributed by atoms with E-state index in [-0.39, 0.29) is 18.6 Å². The van der Waals surface area contributed by atoms with Gasteiger partial charge in [0.15, 0.2) is 0 Å². The zero-order valence-electron chi connectivity index (χ0n) is 8.34. The molecule has 0 rings (SSSR count). The molecule has 0 heterocycles. The number of hydrogen-bond acceptors (Lipinski definition) is 2. The molecule has 0 amide bonds. The summed E-state index contributed by atoms with van der Waals surface area (Å²) in [5.41, 5.74) is 0.152. The van der Waals surface area contributed by atoms with Crippen LogP contribution >= 0.6 is 0 Å². The molecule has 0 fully saturated rings. The van der Waals surface area contributed by atoms with E-state index >= 15 is 0 Å². The lowest BCUT2D eigenvalue weighted by Crippen LogP contribution is -2.19. The quantitative estimate of drug-likeness (QED) is 0.619. The largest absolute Gasteiger partial charge is 0.396 e. The second-order valence-electron chi connectivity index (χ2n) is 3.86. The van der Waals surface area contributed by atoms with Gasteiger partial charge in [0.2, 0.25) is 0 Å². The lowest BCUT2D eigenvalue weighted by Gasteiger charge is -2.27. The standard InChI is InChI=1S/C10H22O2/c1-3-4-5-10(2,6-8-11)7-9-12/h11-12H,3-9H2,1-2H3. The Morgan fingerprint density at radius 3 is 1.83 bits per heavy atom. The number of aliphatic hydroxyl groups excluding tert-OH is 2. The molecule has 0 aromatic carbocycles. The van der Waals surface area contributed by atoms with Crippen LogP contribution in [0.1, 0.15) is 46.0 Å². The Labute approximate surface area is 75.6 Å². The van der Waals surface area contributed by atoms with E-state index in [0.717, 1.165) is 19.3 Å². The van der Waals surface area contributed by atoms with Crippen LogP contribution in [0.4, 0.5) is 0 Å². The van der Waals surface area contributed by atoms with E-state index in [9.17, 15) is 0 Å². The van der Waals surface area contributed by atoms with Gasteiger partial charge in [-0.25, -0.2) is 0 Å². The molecular weight excluding hydrogens is 152 g/mol. The van der Waals surface area contributed by atoms with Crippen LogP contribution in [0.3, 0.4) is 0 Å². The van der Waals surface area contributed by atoms with Crippen molar-refractivity contribution in [3.8, 4) is 0 Å². The van der Waals surface area contributed by atoms with Crippen LogP contribution in [0.15, 0.2) is 0 Å². The molecule has 0 unspecified atom stereocenters. The fourth-order valence-electron chi connectivity index (χ4n) is 1.52. The zero-order chi connectivity index (χ0) is 9.45. The molecule has 74 valence electrons. The fourth-order valence-corrected chi connectivity index (χ4v) is 1.52. The van der Waals surface area contributed by atoms with Gasteiger partial charge in [0, 0.05) is 13.2 Å². The maximum Gasteiger partial charge on any atom is 0.0436 e. The van der Waals surface area contributed by atoms with E-state index in [1.807, 2.05) is 0 Å². The monoisotopic (exact) mass is 174 g/mol. The normalized spacial score (nSPS) is 12.0. The lowest BCUT2D eigenvalue weighted by atomic mass is 9.79. The maximum absolute atomic E-state index is 8.85. The Kier molecular flexibility index (Phi) is 6.39. The van der Waals surface area contributed by atoms with Crippen LogP contribution in [0, 0.1) is 5.41 Å². The molecular formula is C10H22O2. The van der Waals surface area contributed by atoms with E-state index in [0.29, 0.717) is 0 Å². The first-order valence-electron chi connectivity index (χ1n) is 4.90. The molecule has 2 N–H and O–H groups in total. The van der Waals surface area contributed by atoms with Gasteiger partial charge in [-0.15, -0.1) is 0 Å². The average molecular weight is 174 g/mol. The molecule has 0 aliphatic rings. The fraction of sp³-hybridized carbons (Fsp3) is 1.00. The summed E-state index contributed by atoms with van der Waals surface area (Å²) in [4.78, 5) is 0. The first-order valence-corrected chi connectivity index (χ1v) is 4.90. The Morgan fingerprint density at radius 1 is 1.00 bits per heavy atom. The van der Waals surface area contributed by atoms with Crippen LogP contribution in [0.2, 0.25) is 0 Å². The summed E-state index contributed by atoms with van der Waals surface area (Å²) in [7, 11) is 0.